The lowest BCUT2D eigenvalue weighted by molar-refractivity contribution is 0.197. The van der Waals surface area contributed by atoms with E-state index in [0.29, 0.717) is 18.5 Å². The van der Waals surface area contributed by atoms with Crippen LogP contribution in [-0.2, 0) is 19.4 Å². The van der Waals surface area contributed by atoms with Gasteiger partial charge < -0.3 is 11.1 Å². The first-order valence-electron chi connectivity index (χ1n) is 8.61. The number of hydrogen-bond donors (Lipinski definition) is 2. The number of benzene rings is 1. The van der Waals surface area contributed by atoms with Crippen molar-refractivity contribution >= 4 is 23.0 Å². The van der Waals surface area contributed by atoms with Gasteiger partial charge in [-0.25, -0.2) is 0 Å². The van der Waals surface area contributed by atoms with Crippen molar-refractivity contribution in [2.24, 2.45) is 10.7 Å². The van der Waals surface area contributed by atoms with Crippen molar-refractivity contribution in [3.05, 3.63) is 51.7 Å². The summed E-state index contributed by atoms with van der Waals surface area (Å²) in [6, 6.07) is 10.9. The Hall–Kier alpha value is -1.85. The number of aryl methyl sites for hydroxylation is 1. The second-order valence-electron chi connectivity index (χ2n) is 6.34. The van der Waals surface area contributed by atoms with Crippen LogP contribution in [0.25, 0.3) is 0 Å². The van der Waals surface area contributed by atoms with Gasteiger partial charge >= 0.3 is 0 Å². The van der Waals surface area contributed by atoms with E-state index in [4.69, 9.17) is 5.73 Å². The normalized spacial score (nSPS) is 16.7. The van der Waals surface area contributed by atoms with E-state index in [9.17, 15) is 0 Å². The molecule has 1 atom stereocenters. The van der Waals surface area contributed by atoms with Crippen LogP contribution in [0.4, 0.5) is 5.69 Å². The number of guanidine groups is 1. The molecule has 3 rings (SSSR count). The number of aliphatic imine (C=N–C) groups is 1. The standard InChI is InChI=1S/C19H26N4S/c1-3-15-5-4-6-17(11-15)22-19(20)21-12-14(2)23-9-7-18-16(13-23)8-10-24-18/h4-6,8,10-11,14H,3,7,9,12-13H2,1-2H3,(H3,20,21,22). The van der Waals surface area contributed by atoms with Gasteiger partial charge in [0.1, 0.15) is 0 Å². The van der Waals surface area contributed by atoms with Crippen LogP contribution in [0.15, 0.2) is 40.7 Å². The predicted molar refractivity (Wildman–Crippen MR) is 104 cm³/mol. The number of fused-ring (bicyclic) bond motifs is 1. The molecule has 0 amide bonds. The van der Waals surface area contributed by atoms with Crippen LogP contribution in [-0.4, -0.2) is 30.0 Å². The van der Waals surface area contributed by atoms with Gasteiger partial charge in [-0.05, 0) is 54.5 Å². The Morgan fingerprint density at radius 2 is 2.29 bits per heavy atom. The average molecular weight is 343 g/mol. The summed E-state index contributed by atoms with van der Waals surface area (Å²) in [6.07, 6.45) is 2.17. The van der Waals surface area contributed by atoms with E-state index in [1.807, 2.05) is 23.5 Å². The first kappa shape index (κ1) is 17.0. The first-order chi connectivity index (χ1) is 11.7. The number of hydrogen-bond acceptors (Lipinski definition) is 3. The van der Waals surface area contributed by atoms with Crippen LogP contribution in [0, 0.1) is 0 Å². The monoisotopic (exact) mass is 342 g/mol. The van der Waals surface area contributed by atoms with Gasteiger partial charge in [-0.1, -0.05) is 19.1 Å². The molecule has 1 unspecified atom stereocenters. The first-order valence-corrected chi connectivity index (χ1v) is 9.49. The topological polar surface area (TPSA) is 53.6 Å². The molecule has 0 bridgehead atoms. The third kappa shape index (κ3) is 4.16. The van der Waals surface area contributed by atoms with Gasteiger partial charge in [0, 0.05) is 29.7 Å². The Morgan fingerprint density at radius 1 is 1.42 bits per heavy atom. The minimum Gasteiger partial charge on any atom is -0.370 e. The zero-order chi connectivity index (χ0) is 16.9. The van der Waals surface area contributed by atoms with Crippen molar-refractivity contribution in [3.63, 3.8) is 0 Å². The molecule has 0 spiro atoms. The quantitative estimate of drug-likeness (QED) is 0.646. The fourth-order valence-electron chi connectivity index (χ4n) is 3.05. The summed E-state index contributed by atoms with van der Waals surface area (Å²) in [5.74, 6) is 0.489. The van der Waals surface area contributed by atoms with Gasteiger partial charge in [0.05, 0.1) is 6.54 Å². The zero-order valence-electron chi connectivity index (χ0n) is 14.5. The summed E-state index contributed by atoms with van der Waals surface area (Å²) in [7, 11) is 0. The molecule has 2 aromatic rings. The SMILES string of the molecule is CCc1cccc(NC(N)=NCC(C)N2CCc3sccc3C2)c1. The largest absolute Gasteiger partial charge is 0.370 e. The van der Waals surface area contributed by atoms with Gasteiger partial charge in [0.2, 0.25) is 0 Å². The molecule has 0 saturated carbocycles. The van der Waals surface area contributed by atoms with Crippen LogP contribution in [0.2, 0.25) is 0 Å². The fraction of sp³-hybridized carbons (Fsp3) is 0.421. The van der Waals surface area contributed by atoms with Crippen LogP contribution in [0.5, 0.6) is 0 Å². The number of thiophene rings is 1. The molecular formula is C19H26N4S. The van der Waals surface area contributed by atoms with Crippen LogP contribution >= 0.6 is 11.3 Å². The molecule has 4 nitrogen and oxygen atoms in total. The van der Waals surface area contributed by atoms with E-state index in [-0.39, 0.29) is 0 Å². The Labute approximate surface area is 148 Å². The Morgan fingerprint density at radius 3 is 3.12 bits per heavy atom. The minimum absolute atomic E-state index is 0.389. The highest BCUT2D eigenvalue weighted by Crippen LogP contribution is 2.25. The van der Waals surface area contributed by atoms with E-state index < -0.39 is 0 Å². The summed E-state index contributed by atoms with van der Waals surface area (Å²) in [5.41, 5.74) is 9.83. The van der Waals surface area contributed by atoms with Crippen molar-refractivity contribution in [1.29, 1.82) is 0 Å². The van der Waals surface area contributed by atoms with Crippen molar-refractivity contribution in [1.82, 2.24) is 4.90 Å². The summed E-state index contributed by atoms with van der Waals surface area (Å²) in [5, 5.41) is 5.40. The van der Waals surface area contributed by atoms with E-state index in [1.165, 1.54) is 11.1 Å². The third-order valence-corrected chi connectivity index (χ3v) is 5.62. The zero-order valence-corrected chi connectivity index (χ0v) is 15.3. The molecule has 5 heteroatoms. The van der Waals surface area contributed by atoms with E-state index in [1.54, 1.807) is 4.88 Å². The van der Waals surface area contributed by atoms with Gasteiger partial charge in [-0.2, -0.15) is 0 Å². The highest BCUT2D eigenvalue weighted by Gasteiger charge is 2.21. The van der Waals surface area contributed by atoms with Gasteiger partial charge in [0.15, 0.2) is 5.96 Å². The lowest BCUT2D eigenvalue weighted by Gasteiger charge is -2.31. The summed E-state index contributed by atoms with van der Waals surface area (Å²) >= 11 is 1.88. The molecule has 0 aliphatic carbocycles. The number of rotatable bonds is 5. The highest BCUT2D eigenvalue weighted by molar-refractivity contribution is 7.10. The molecule has 0 fully saturated rings. The van der Waals surface area contributed by atoms with E-state index in [0.717, 1.165) is 31.6 Å². The molecule has 24 heavy (non-hydrogen) atoms. The lowest BCUT2D eigenvalue weighted by atomic mass is 10.1. The van der Waals surface area contributed by atoms with Gasteiger partial charge in [-0.3, -0.25) is 9.89 Å². The van der Waals surface area contributed by atoms with Crippen LogP contribution < -0.4 is 11.1 Å². The highest BCUT2D eigenvalue weighted by atomic mass is 32.1. The molecule has 1 aromatic carbocycles. The molecule has 3 N–H and O–H groups in total. The second kappa shape index (κ2) is 7.81. The lowest BCUT2D eigenvalue weighted by Crippen LogP contribution is -2.39. The molecule has 1 aromatic heterocycles. The van der Waals surface area contributed by atoms with E-state index in [2.05, 4.69) is 52.6 Å². The Balaban J connectivity index is 1.54. The van der Waals surface area contributed by atoms with E-state index >= 15 is 0 Å². The van der Waals surface area contributed by atoms with Crippen molar-refractivity contribution in [2.45, 2.75) is 39.3 Å². The molecular weight excluding hydrogens is 316 g/mol. The summed E-state index contributed by atoms with van der Waals surface area (Å²) in [6.45, 7) is 7.23. The molecule has 2 heterocycles. The van der Waals surface area contributed by atoms with Gasteiger partial charge in [0.25, 0.3) is 0 Å². The number of nitrogens with two attached hydrogens (primary N) is 1. The molecule has 1 aliphatic heterocycles. The van der Waals surface area contributed by atoms with Crippen molar-refractivity contribution < 1.29 is 0 Å². The maximum absolute atomic E-state index is 6.06. The molecule has 1 aliphatic rings. The number of nitrogens with zero attached hydrogens (tertiary/aromatic N) is 2. The smallest absolute Gasteiger partial charge is 0.193 e. The minimum atomic E-state index is 0.389. The maximum atomic E-state index is 6.06. The Bertz CT molecular complexity index is 707. The van der Waals surface area contributed by atoms with Crippen molar-refractivity contribution in [3.8, 4) is 0 Å². The maximum Gasteiger partial charge on any atom is 0.193 e. The molecule has 128 valence electrons. The van der Waals surface area contributed by atoms with Crippen LogP contribution in [0.1, 0.15) is 29.9 Å². The number of nitrogens with one attached hydrogen (secondary N) is 1. The molecule has 0 saturated heterocycles. The van der Waals surface area contributed by atoms with Gasteiger partial charge in [-0.15, -0.1) is 11.3 Å². The average Bonchev–Trinajstić information content (AvgIpc) is 3.07. The summed E-state index contributed by atoms with van der Waals surface area (Å²) in [4.78, 5) is 8.57. The van der Waals surface area contributed by atoms with Crippen molar-refractivity contribution in [2.75, 3.05) is 18.4 Å². The molecule has 0 radical (unpaired) electrons. The number of anilines is 1. The van der Waals surface area contributed by atoms with Crippen LogP contribution in [0.3, 0.4) is 0 Å². The summed E-state index contributed by atoms with van der Waals surface area (Å²) < 4.78 is 0. The third-order valence-electron chi connectivity index (χ3n) is 4.59. The second-order valence-corrected chi connectivity index (χ2v) is 7.34. The predicted octanol–water partition coefficient (Wildman–Crippen LogP) is 3.48. The Kier molecular flexibility index (Phi) is 5.53. The fourth-order valence-corrected chi connectivity index (χ4v) is 3.94.